The standard InChI is InChI=1S/C25H20ClN5O/c1-15-29-21-7-5-17(12-22(21)30-15)16-6-8-23-18(11-16)13-31(9-10-32-23)25-19-3-2-4-20(26)24(19)27-14-28-25/h2-8,11-12,14H,9-10,13H2,1H3,(H,29,30). The van der Waals surface area contributed by atoms with E-state index in [4.69, 9.17) is 16.3 Å². The monoisotopic (exact) mass is 441 g/mol. The number of para-hydroxylation sites is 1. The lowest BCUT2D eigenvalue weighted by Crippen LogP contribution is -2.26. The zero-order valence-corrected chi connectivity index (χ0v) is 18.2. The number of aromatic nitrogens is 4. The van der Waals surface area contributed by atoms with Gasteiger partial charge in [0.15, 0.2) is 0 Å². The van der Waals surface area contributed by atoms with Gasteiger partial charge in [0.05, 0.1) is 28.1 Å². The summed E-state index contributed by atoms with van der Waals surface area (Å²) in [5, 5.41) is 1.57. The molecule has 1 aliphatic rings. The predicted octanol–water partition coefficient (Wildman–Crippen LogP) is 5.53. The molecule has 0 aliphatic carbocycles. The third kappa shape index (κ3) is 3.24. The van der Waals surface area contributed by atoms with Crippen molar-refractivity contribution in [2.24, 2.45) is 0 Å². The smallest absolute Gasteiger partial charge is 0.140 e. The topological polar surface area (TPSA) is 66.9 Å². The molecule has 7 heteroatoms. The maximum atomic E-state index is 6.37. The van der Waals surface area contributed by atoms with Crippen molar-refractivity contribution in [1.82, 2.24) is 19.9 Å². The number of aryl methyl sites for hydroxylation is 1. The molecule has 0 radical (unpaired) electrons. The van der Waals surface area contributed by atoms with Crippen LogP contribution in [0.5, 0.6) is 5.75 Å². The average molecular weight is 442 g/mol. The van der Waals surface area contributed by atoms with Crippen molar-refractivity contribution in [3.63, 3.8) is 0 Å². The number of imidazole rings is 1. The summed E-state index contributed by atoms with van der Waals surface area (Å²) < 4.78 is 6.07. The van der Waals surface area contributed by atoms with Crippen LogP contribution < -0.4 is 9.64 Å². The van der Waals surface area contributed by atoms with Gasteiger partial charge in [-0.15, -0.1) is 0 Å². The molecule has 158 valence electrons. The van der Waals surface area contributed by atoms with Gasteiger partial charge < -0.3 is 14.6 Å². The number of H-pyrrole nitrogens is 1. The van der Waals surface area contributed by atoms with E-state index in [1.54, 1.807) is 6.33 Å². The van der Waals surface area contributed by atoms with Crippen molar-refractivity contribution >= 4 is 39.4 Å². The molecule has 3 aromatic carbocycles. The van der Waals surface area contributed by atoms with Gasteiger partial charge in [0.25, 0.3) is 0 Å². The number of rotatable bonds is 2. The highest BCUT2D eigenvalue weighted by atomic mass is 35.5. The maximum Gasteiger partial charge on any atom is 0.140 e. The molecule has 0 spiro atoms. The van der Waals surface area contributed by atoms with Crippen molar-refractivity contribution < 1.29 is 4.74 Å². The fourth-order valence-electron chi connectivity index (χ4n) is 4.36. The Kier molecular flexibility index (Phi) is 4.47. The van der Waals surface area contributed by atoms with Crippen LogP contribution in [0.2, 0.25) is 5.02 Å². The Morgan fingerprint density at radius 1 is 1.03 bits per heavy atom. The van der Waals surface area contributed by atoms with Gasteiger partial charge >= 0.3 is 0 Å². The minimum Gasteiger partial charge on any atom is -0.491 e. The van der Waals surface area contributed by atoms with Gasteiger partial charge in [0, 0.05) is 17.5 Å². The quantitative estimate of drug-likeness (QED) is 0.390. The first-order valence-electron chi connectivity index (χ1n) is 10.5. The molecule has 6 rings (SSSR count). The van der Waals surface area contributed by atoms with Crippen molar-refractivity contribution in [3.8, 4) is 16.9 Å². The Hall–Kier alpha value is -3.64. The van der Waals surface area contributed by atoms with Crippen LogP contribution >= 0.6 is 11.6 Å². The zero-order chi connectivity index (χ0) is 21.7. The van der Waals surface area contributed by atoms with Crippen LogP contribution in [0.3, 0.4) is 0 Å². The normalized spacial score (nSPS) is 13.8. The molecule has 0 bridgehead atoms. The Labute approximate surface area is 189 Å². The second kappa shape index (κ2) is 7.50. The predicted molar refractivity (Wildman–Crippen MR) is 127 cm³/mol. The van der Waals surface area contributed by atoms with E-state index in [-0.39, 0.29) is 0 Å². The van der Waals surface area contributed by atoms with E-state index in [1.165, 1.54) is 0 Å². The number of halogens is 1. The molecule has 0 atom stereocenters. The zero-order valence-electron chi connectivity index (χ0n) is 17.5. The number of fused-ring (bicyclic) bond motifs is 3. The second-order valence-corrected chi connectivity index (χ2v) is 8.39. The first kappa shape index (κ1) is 19.1. The van der Waals surface area contributed by atoms with Crippen molar-refractivity contribution in [3.05, 3.63) is 77.3 Å². The molecule has 0 saturated heterocycles. The van der Waals surface area contributed by atoms with Crippen LogP contribution in [0.15, 0.2) is 60.9 Å². The van der Waals surface area contributed by atoms with Crippen molar-refractivity contribution in [2.45, 2.75) is 13.5 Å². The molecular weight excluding hydrogens is 422 g/mol. The van der Waals surface area contributed by atoms with Crippen molar-refractivity contribution in [1.29, 1.82) is 0 Å². The van der Waals surface area contributed by atoms with E-state index in [1.807, 2.05) is 25.1 Å². The molecule has 0 unspecified atom stereocenters. The molecule has 1 N–H and O–H groups in total. The van der Waals surface area contributed by atoms with Gasteiger partial charge in [-0.1, -0.05) is 29.8 Å². The highest BCUT2D eigenvalue weighted by molar-refractivity contribution is 6.35. The summed E-state index contributed by atoms with van der Waals surface area (Å²) >= 11 is 6.37. The number of benzene rings is 3. The van der Waals surface area contributed by atoms with Crippen LogP contribution in [0.25, 0.3) is 33.1 Å². The number of aromatic amines is 1. The van der Waals surface area contributed by atoms with Gasteiger partial charge in [-0.2, -0.15) is 0 Å². The van der Waals surface area contributed by atoms with Gasteiger partial charge in [-0.25, -0.2) is 15.0 Å². The summed E-state index contributed by atoms with van der Waals surface area (Å²) in [5.74, 6) is 2.69. The number of ether oxygens (including phenoxy) is 1. The highest BCUT2D eigenvalue weighted by Crippen LogP contribution is 2.34. The van der Waals surface area contributed by atoms with Gasteiger partial charge in [0.2, 0.25) is 0 Å². The number of hydrogen-bond donors (Lipinski definition) is 1. The Morgan fingerprint density at radius 2 is 1.91 bits per heavy atom. The maximum absolute atomic E-state index is 6.37. The molecule has 1 aliphatic heterocycles. The van der Waals surface area contributed by atoms with Gasteiger partial charge in [-0.3, -0.25) is 0 Å². The van der Waals surface area contributed by atoms with E-state index < -0.39 is 0 Å². The largest absolute Gasteiger partial charge is 0.491 e. The van der Waals surface area contributed by atoms with Gasteiger partial charge in [-0.05, 0) is 54.4 Å². The fraction of sp³-hybridized carbons (Fsp3) is 0.160. The van der Waals surface area contributed by atoms with E-state index >= 15 is 0 Å². The molecule has 3 heterocycles. The third-order valence-corrected chi connectivity index (χ3v) is 6.17. The minimum atomic E-state index is 0.581. The molecular formula is C25H20ClN5O. The first-order valence-corrected chi connectivity index (χ1v) is 10.9. The fourth-order valence-corrected chi connectivity index (χ4v) is 4.58. The average Bonchev–Trinajstić information content (AvgIpc) is 3.05. The minimum absolute atomic E-state index is 0.581. The number of nitrogens with zero attached hydrogens (tertiary/aromatic N) is 4. The third-order valence-electron chi connectivity index (χ3n) is 5.87. The molecule has 0 amide bonds. The summed E-state index contributed by atoms with van der Waals surface area (Å²) in [5.41, 5.74) is 6.18. The number of nitrogens with one attached hydrogen (secondary N) is 1. The molecule has 32 heavy (non-hydrogen) atoms. The second-order valence-electron chi connectivity index (χ2n) is 7.98. The molecule has 2 aromatic heterocycles. The summed E-state index contributed by atoms with van der Waals surface area (Å²) in [7, 11) is 0. The van der Waals surface area contributed by atoms with E-state index in [9.17, 15) is 0 Å². The van der Waals surface area contributed by atoms with Crippen LogP contribution in [0, 0.1) is 6.92 Å². The number of anilines is 1. The Balaban J connectivity index is 1.40. The van der Waals surface area contributed by atoms with Crippen molar-refractivity contribution in [2.75, 3.05) is 18.1 Å². The lowest BCUT2D eigenvalue weighted by molar-refractivity contribution is 0.331. The summed E-state index contributed by atoms with van der Waals surface area (Å²) in [4.78, 5) is 19.0. The van der Waals surface area contributed by atoms with Crippen LogP contribution in [0.4, 0.5) is 5.82 Å². The molecule has 0 saturated carbocycles. The first-order chi connectivity index (χ1) is 15.7. The summed E-state index contributed by atoms with van der Waals surface area (Å²) in [6.07, 6.45) is 1.58. The Morgan fingerprint density at radius 3 is 2.84 bits per heavy atom. The van der Waals surface area contributed by atoms with Crippen LogP contribution in [-0.4, -0.2) is 33.1 Å². The van der Waals surface area contributed by atoms with E-state index in [2.05, 4.69) is 61.2 Å². The molecule has 0 fully saturated rings. The van der Waals surface area contributed by atoms with E-state index in [0.29, 0.717) is 18.2 Å². The number of hydrogen-bond acceptors (Lipinski definition) is 5. The van der Waals surface area contributed by atoms with E-state index in [0.717, 1.165) is 62.6 Å². The molecule has 6 nitrogen and oxygen atoms in total. The highest BCUT2D eigenvalue weighted by Gasteiger charge is 2.20. The van der Waals surface area contributed by atoms with Crippen LogP contribution in [0.1, 0.15) is 11.4 Å². The lowest BCUT2D eigenvalue weighted by Gasteiger charge is -2.22. The lowest BCUT2D eigenvalue weighted by atomic mass is 10.0. The van der Waals surface area contributed by atoms with Gasteiger partial charge in [0.1, 0.15) is 30.3 Å². The molecule has 5 aromatic rings. The summed E-state index contributed by atoms with van der Waals surface area (Å²) in [6, 6.07) is 18.5. The van der Waals surface area contributed by atoms with Crippen LogP contribution in [-0.2, 0) is 6.54 Å². The Bertz CT molecular complexity index is 1480. The summed E-state index contributed by atoms with van der Waals surface area (Å²) in [6.45, 7) is 3.96. The SMILES string of the molecule is Cc1nc2ccc(-c3ccc4c(c3)CN(c3ncnc5c(Cl)cccc35)CCO4)cc2[nH]1.